The predicted octanol–water partition coefficient (Wildman–Crippen LogP) is 4.74. The summed E-state index contributed by atoms with van der Waals surface area (Å²) in [4.78, 5) is 55.5. The van der Waals surface area contributed by atoms with Gasteiger partial charge in [-0.15, -0.1) is 0 Å². The van der Waals surface area contributed by atoms with Gasteiger partial charge in [0, 0.05) is 11.1 Å². The van der Waals surface area contributed by atoms with E-state index in [4.69, 9.17) is 4.74 Å². The lowest BCUT2D eigenvalue weighted by Crippen LogP contribution is -2.51. The second-order valence-electron chi connectivity index (χ2n) is 9.36. The van der Waals surface area contributed by atoms with Crippen molar-refractivity contribution in [1.82, 2.24) is 0 Å². The number of imide groups is 1. The summed E-state index contributed by atoms with van der Waals surface area (Å²) in [6.45, 7) is 0. The number of amides is 2. The van der Waals surface area contributed by atoms with Gasteiger partial charge in [0.05, 0.1) is 29.2 Å². The van der Waals surface area contributed by atoms with Crippen molar-refractivity contribution in [3.8, 4) is 0 Å². The molecule has 6 nitrogen and oxygen atoms in total. The molecule has 3 unspecified atom stereocenters. The van der Waals surface area contributed by atoms with Crippen molar-refractivity contribution in [3.05, 3.63) is 107 Å². The van der Waals surface area contributed by atoms with Gasteiger partial charge < -0.3 is 4.74 Å². The van der Waals surface area contributed by atoms with Gasteiger partial charge in [0.1, 0.15) is 0 Å². The Hall–Kier alpha value is -4.37. The number of ketones is 2. The Balaban J connectivity index is 1.48. The minimum absolute atomic E-state index is 0.0710. The number of rotatable bonds is 3. The van der Waals surface area contributed by atoms with Crippen molar-refractivity contribution in [2.24, 2.45) is 11.8 Å². The molecule has 1 aliphatic carbocycles. The van der Waals surface area contributed by atoms with Crippen LogP contribution in [0.25, 0.3) is 6.08 Å². The van der Waals surface area contributed by atoms with Gasteiger partial charge in [-0.2, -0.15) is 13.2 Å². The van der Waals surface area contributed by atoms with Gasteiger partial charge in [0.2, 0.25) is 29.0 Å². The maximum absolute atomic E-state index is 13.8. The van der Waals surface area contributed by atoms with Crippen molar-refractivity contribution < 1.29 is 37.1 Å². The Labute approximate surface area is 214 Å². The lowest BCUT2D eigenvalue weighted by molar-refractivity contribution is -0.137. The Morgan fingerprint density at radius 1 is 0.789 bits per heavy atom. The van der Waals surface area contributed by atoms with Crippen molar-refractivity contribution >= 4 is 35.1 Å². The molecular formula is C29H18F3NO5. The fourth-order valence-electron chi connectivity index (χ4n) is 5.59. The van der Waals surface area contributed by atoms with Crippen LogP contribution in [0, 0.1) is 11.8 Å². The van der Waals surface area contributed by atoms with E-state index >= 15 is 0 Å². The summed E-state index contributed by atoms with van der Waals surface area (Å²) in [5.41, 5.74) is -2.74. The molecule has 2 saturated heterocycles. The molecule has 3 aromatic carbocycles. The Kier molecular flexibility index (Phi) is 5.26. The van der Waals surface area contributed by atoms with E-state index in [0.717, 1.165) is 17.7 Å². The minimum Gasteiger partial charge on any atom is -0.350 e. The number of alkyl halides is 3. The minimum atomic E-state index is -4.71. The monoisotopic (exact) mass is 517 g/mol. The molecule has 0 aromatic heterocycles. The Morgan fingerprint density at radius 3 is 2.05 bits per heavy atom. The van der Waals surface area contributed by atoms with Crippen molar-refractivity contribution in [2.75, 3.05) is 4.90 Å². The third-order valence-electron chi connectivity index (χ3n) is 7.27. The first kappa shape index (κ1) is 24.0. The molecule has 0 N–H and O–H groups in total. The Bertz CT molecular complexity index is 1510. The second-order valence-corrected chi connectivity index (χ2v) is 9.36. The number of carbonyl (C=O) groups excluding carboxylic acids is 4. The third-order valence-corrected chi connectivity index (χ3v) is 7.27. The maximum Gasteiger partial charge on any atom is 0.416 e. The molecule has 2 aliphatic heterocycles. The van der Waals surface area contributed by atoms with Crippen LogP contribution in [0.15, 0.2) is 84.9 Å². The van der Waals surface area contributed by atoms with Gasteiger partial charge in [-0.05, 0) is 23.8 Å². The molecule has 2 fully saturated rings. The number of halogens is 3. The van der Waals surface area contributed by atoms with Gasteiger partial charge in [-0.25, -0.2) is 4.90 Å². The fraction of sp³-hybridized carbons (Fsp3) is 0.172. The number of fused-ring (bicyclic) bond motifs is 3. The summed E-state index contributed by atoms with van der Waals surface area (Å²) < 4.78 is 46.2. The van der Waals surface area contributed by atoms with E-state index in [-0.39, 0.29) is 16.8 Å². The summed E-state index contributed by atoms with van der Waals surface area (Å²) in [6.07, 6.45) is -2.72. The van der Waals surface area contributed by atoms with Crippen LogP contribution in [-0.2, 0) is 20.5 Å². The molecule has 0 bridgehead atoms. The lowest BCUT2D eigenvalue weighted by atomic mass is 9.78. The molecule has 0 radical (unpaired) electrons. The van der Waals surface area contributed by atoms with Gasteiger partial charge in [-0.3, -0.25) is 19.2 Å². The average Bonchev–Trinajstić information content (AvgIpc) is 3.47. The van der Waals surface area contributed by atoms with Crippen LogP contribution in [0.1, 0.15) is 31.8 Å². The van der Waals surface area contributed by atoms with Crippen molar-refractivity contribution in [1.29, 1.82) is 0 Å². The average molecular weight is 517 g/mol. The summed E-state index contributed by atoms with van der Waals surface area (Å²) >= 11 is 0. The van der Waals surface area contributed by atoms with Crippen LogP contribution in [0.4, 0.5) is 18.9 Å². The van der Waals surface area contributed by atoms with Crippen LogP contribution in [0.3, 0.4) is 0 Å². The van der Waals surface area contributed by atoms with Crippen LogP contribution in [0.5, 0.6) is 0 Å². The molecule has 3 atom stereocenters. The predicted molar refractivity (Wildman–Crippen MR) is 129 cm³/mol. The number of Topliss-reactive ketones (excluding diaryl/α,β-unsaturated/α-hetero) is 2. The molecule has 0 saturated carbocycles. The summed E-state index contributed by atoms with van der Waals surface area (Å²) in [6, 6.07) is 18.8. The standard InChI is InChI=1S/C29H18F3NO5/c30-29(31,32)17-9-6-10-18(15-17)33-26(36)22-21(14-13-16-7-2-1-3-8-16)38-28(23(22)27(33)37)24(34)19-11-4-5-12-20(19)25(28)35/h1-15,21-23H. The number of hydrogen-bond donors (Lipinski definition) is 0. The van der Waals surface area contributed by atoms with Crippen LogP contribution in [0.2, 0.25) is 0 Å². The zero-order valence-corrected chi connectivity index (χ0v) is 19.5. The zero-order chi connectivity index (χ0) is 26.8. The van der Waals surface area contributed by atoms with E-state index in [2.05, 4.69) is 0 Å². The summed E-state index contributed by atoms with van der Waals surface area (Å²) in [7, 11) is 0. The normalized spacial score (nSPS) is 24.1. The van der Waals surface area contributed by atoms with Gasteiger partial charge in [0.15, 0.2) is 0 Å². The van der Waals surface area contributed by atoms with Gasteiger partial charge in [-0.1, -0.05) is 72.8 Å². The quantitative estimate of drug-likeness (QED) is 0.370. The highest BCUT2D eigenvalue weighted by molar-refractivity contribution is 6.37. The molecule has 1 spiro atoms. The molecule has 190 valence electrons. The second kappa shape index (κ2) is 8.32. The third kappa shape index (κ3) is 3.31. The number of hydrogen-bond acceptors (Lipinski definition) is 5. The lowest BCUT2D eigenvalue weighted by Gasteiger charge is -2.26. The SMILES string of the molecule is O=C1C2C(C=Cc3ccccc3)OC3(C(=O)c4ccccc4C3=O)C2C(=O)N1c1cccc(C(F)(F)F)c1. The summed E-state index contributed by atoms with van der Waals surface area (Å²) in [5.74, 6) is -6.10. The first-order valence-electron chi connectivity index (χ1n) is 11.8. The molecular weight excluding hydrogens is 499 g/mol. The van der Waals surface area contributed by atoms with E-state index in [1.807, 2.05) is 6.07 Å². The van der Waals surface area contributed by atoms with Crippen LogP contribution in [-0.4, -0.2) is 35.1 Å². The van der Waals surface area contributed by atoms with E-state index in [1.54, 1.807) is 42.5 Å². The molecule has 38 heavy (non-hydrogen) atoms. The van der Waals surface area contributed by atoms with Gasteiger partial charge >= 0.3 is 6.18 Å². The number of anilines is 1. The fourth-order valence-corrected chi connectivity index (χ4v) is 5.59. The number of benzene rings is 3. The zero-order valence-electron chi connectivity index (χ0n) is 19.5. The molecule has 2 heterocycles. The Morgan fingerprint density at radius 2 is 1.42 bits per heavy atom. The molecule has 2 amide bonds. The van der Waals surface area contributed by atoms with Crippen LogP contribution >= 0.6 is 0 Å². The molecule has 3 aliphatic rings. The first-order chi connectivity index (χ1) is 18.1. The highest BCUT2D eigenvalue weighted by Gasteiger charge is 2.74. The topological polar surface area (TPSA) is 80.8 Å². The highest BCUT2D eigenvalue weighted by Crippen LogP contribution is 2.53. The van der Waals surface area contributed by atoms with E-state index in [1.165, 1.54) is 24.3 Å². The maximum atomic E-state index is 13.8. The number of carbonyl (C=O) groups is 4. The molecule has 9 heteroatoms. The molecule has 3 aromatic rings. The first-order valence-corrected chi connectivity index (χ1v) is 11.8. The summed E-state index contributed by atoms with van der Waals surface area (Å²) in [5, 5.41) is 0. The van der Waals surface area contributed by atoms with Crippen LogP contribution < -0.4 is 4.90 Å². The van der Waals surface area contributed by atoms with Crippen molar-refractivity contribution in [3.63, 3.8) is 0 Å². The van der Waals surface area contributed by atoms with Crippen molar-refractivity contribution in [2.45, 2.75) is 17.9 Å². The largest absolute Gasteiger partial charge is 0.416 e. The number of ether oxygens (including phenoxy) is 1. The molecule has 6 rings (SSSR count). The van der Waals surface area contributed by atoms with E-state index in [9.17, 15) is 32.3 Å². The van der Waals surface area contributed by atoms with E-state index in [0.29, 0.717) is 11.0 Å². The number of nitrogens with zero attached hydrogens (tertiary/aromatic N) is 1. The van der Waals surface area contributed by atoms with E-state index < -0.39 is 58.7 Å². The highest BCUT2D eigenvalue weighted by atomic mass is 19.4. The smallest absolute Gasteiger partial charge is 0.350 e. The van der Waals surface area contributed by atoms with Gasteiger partial charge in [0.25, 0.3) is 0 Å².